The van der Waals surface area contributed by atoms with E-state index >= 15 is 0 Å². The molecule has 1 heterocycles. The van der Waals surface area contributed by atoms with Gasteiger partial charge in [-0.25, -0.2) is 0 Å². The van der Waals surface area contributed by atoms with E-state index in [1.807, 2.05) is 25.4 Å². The van der Waals surface area contributed by atoms with Crippen molar-refractivity contribution >= 4 is 11.6 Å². The van der Waals surface area contributed by atoms with Gasteiger partial charge in [0.05, 0.1) is 11.2 Å². The molecule has 5 heteroatoms. The molecule has 0 aliphatic heterocycles. The lowest BCUT2D eigenvalue weighted by atomic mass is 10.2. The molecule has 2 N–H and O–H groups in total. The highest BCUT2D eigenvalue weighted by atomic mass is 35.5. The van der Waals surface area contributed by atoms with Crippen molar-refractivity contribution in [2.45, 2.75) is 13.2 Å². The maximum absolute atomic E-state index is 6.08. The Hall–Kier alpha value is -1.52. The second-order valence-corrected chi connectivity index (χ2v) is 4.15. The summed E-state index contributed by atoms with van der Waals surface area (Å²) in [7, 11) is 1.87. The lowest BCUT2D eigenvalue weighted by Crippen LogP contribution is -2.02. The van der Waals surface area contributed by atoms with Crippen LogP contribution in [0.1, 0.15) is 11.1 Å². The van der Waals surface area contributed by atoms with Crippen LogP contribution in [-0.2, 0) is 20.2 Å². The van der Waals surface area contributed by atoms with Crippen molar-refractivity contribution in [3.63, 3.8) is 0 Å². The molecule has 0 saturated heterocycles. The van der Waals surface area contributed by atoms with Crippen LogP contribution in [0.3, 0.4) is 0 Å². The van der Waals surface area contributed by atoms with Crippen molar-refractivity contribution in [1.82, 2.24) is 9.78 Å². The van der Waals surface area contributed by atoms with Gasteiger partial charge in [0.15, 0.2) is 0 Å². The van der Waals surface area contributed by atoms with E-state index in [1.165, 1.54) is 0 Å². The number of hydrogen-bond donors (Lipinski definition) is 1. The van der Waals surface area contributed by atoms with Crippen molar-refractivity contribution in [3.8, 4) is 5.75 Å². The minimum absolute atomic E-state index is 0.406. The van der Waals surface area contributed by atoms with Gasteiger partial charge in [0.25, 0.3) is 0 Å². The predicted octanol–water partition coefficient (Wildman–Crippen LogP) is 2.11. The van der Waals surface area contributed by atoms with Crippen LogP contribution >= 0.6 is 11.6 Å². The van der Waals surface area contributed by atoms with Gasteiger partial charge in [-0.05, 0) is 6.07 Å². The van der Waals surface area contributed by atoms with Crippen LogP contribution < -0.4 is 10.5 Å². The third kappa shape index (κ3) is 2.78. The Balaban J connectivity index is 2.13. The number of rotatable bonds is 4. The van der Waals surface area contributed by atoms with Crippen LogP contribution in [0.5, 0.6) is 5.75 Å². The first-order chi connectivity index (χ1) is 8.20. The number of benzene rings is 1. The number of halogens is 1. The molecule has 2 rings (SSSR count). The van der Waals surface area contributed by atoms with Gasteiger partial charge in [-0.1, -0.05) is 23.7 Å². The quantitative estimate of drug-likeness (QED) is 0.906. The highest BCUT2D eigenvalue weighted by molar-refractivity contribution is 6.32. The van der Waals surface area contributed by atoms with Gasteiger partial charge in [-0.15, -0.1) is 0 Å². The van der Waals surface area contributed by atoms with Crippen LogP contribution in [0.15, 0.2) is 30.6 Å². The van der Waals surface area contributed by atoms with E-state index in [1.54, 1.807) is 16.9 Å². The van der Waals surface area contributed by atoms with Crippen molar-refractivity contribution in [3.05, 3.63) is 46.7 Å². The molecule has 1 aromatic heterocycles. The molecular weight excluding hydrogens is 238 g/mol. The summed E-state index contributed by atoms with van der Waals surface area (Å²) in [5.41, 5.74) is 7.54. The van der Waals surface area contributed by atoms with E-state index in [0.29, 0.717) is 23.9 Å². The Labute approximate surface area is 105 Å². The number of aromatic nitrogens is 2. The zero-order valence-electron chi connectivity index (χ0n) is 9.56. The zero-order valence-corrected chi connectivity index (χ0v) is 10.3. The van der Waals surface area contributed by atoms with E-state index in [4.69, 9.17) is 22.1 Å². The topological polar surface area (TPSA) is 53.1 Å². The average Bonchev–Trinajstić information content (AvgIpc) is 2.73. The largest absolute Gasteiger partial charge is 0.487 e. The summed E-state index contributed by atoms with van der Waals surface area (Å²) >= 11 is 6.08. The summed E-state index contributed by atoms with van der Waals surface area (Å²) in [6.07, 6.45) is 3.66. The van der Waals surface area contributed by atoms with Crippen molar-refractivity contribution in [2.24, 2.45) is 12.8 Å². The highest BCUT2D eigenvalue weighted by Gasteiger charge is 2.07. The second-order valence-electron chi connectivity index (χ2n) is 3.74. The molecule has 4 nitrogen and oxygen atoms in total. The summed E-state index contributed by atoms with van der Waals surface area (Å²) in [5, 5.41) is 4.65. The average molecular weight is 252 g/mol. The molecule has 0 radical (unpaired) electrons. The third-order valence-corrected chi connectivity index (χ3v) is 2.71. The molecule has 1 aromatic carbocycles. The second kappa shape index (κ2) is 5.21. The van der Waals surface area contributed by atoms with Gasteiger partial charge in [-0.3, -0.25) is 4.68 Å². The van der Waals surface area contributed by atoms with Gasteiger partial charge in [0.2, 0.25) is 0 Å². The molecule has 0 unspecified atom stereocenters. The normalized spacial score (nSPS) is 10.5. The van der Waals surface area contributed by atoms with Crippen molar-refractivity contribution in [1.29, 1.82) is 0 Å². The molecule has 0 aliphatic rings. The van der Waals surface area contributed by atoms with Crippen molar-refractivity contribution < 1.29 is 4.74 Å². The maximum Gasteiger partial charge on any atom is 0.142 e. The first-order valence-electron chi connectivity index (χ1n) is 5.28. The summed E-state index contributed by atoms with van der Waals surface area (Å²) in [6.45, 7) is 0.841. The molecule has 0 saturated carbocycles. The fourth-order valence-electron chi connectivity index (χ4n) is 1.58. The van der Waals surface area contributed by atoms with Gasteiger partial charge < -0.3 is 10.5 Å². The molecule has 0 bridgehead atoms. The molecule has 0 spiro atoms. The molecule has 0 atom stereocenters. The first-order valence-corrected chi connectivity index (χ1v) is 5.66. The summed E-state index contributed by atoms with van der Waals surface area (Å²) in [4.78, 5) is 0. The lowest BCUT2D eigenvalue weighted by molar-refractivity contribution is 0.303. The first kappa shape index (κ1) is 12.0. The lowest BCUT2D eigenvalue weighted by Gasteiger charge is -2.11. The number of ether oxygens (including phenoxy) is 1. The molecule has 0 fully saturated rings. The minimum atomic E-state index is 0.406. The number of nitrogens with zero attached hydrogens (tertiary/aromatic N) is 2. The number of hydrogen-bond acceptors (Lipinski definition) is 3. The van der Waals surface area contributed by atoms with E-state index in [0.717, 1.165) is 11.1 Å². The van der Waals surface area contributed by atoms with E-state index < -0.39 is 0 Å². The monoisotopic (exact) mass is 251 g/mol. The van der Waals surface area contributed by atoms with Crippen molar-refractivity contribution in [2.75, 3.05) is 0 Å². The third-order valence-electron chi connectivity index (χ3n) is 2.41. The molecule has 17 heavy (non-hydrogen) atoms. The van der Waals surface area contributed by atoms with E-state index in [2.05, 4.69) is 5.10 Å². The number of para-hydroxylation sites is 1. The number of nitrogens with two attached hydrogens (primary N) is 1. The Morgan fingerprint density at radius 1 is 1.47 bits per heavy atom. The van der Waals surface area contributed by atoms with Crippen LogP contribution in [0.25, 0.3) is 0 Å². The van der Waals surface area contributed by atoms with Crippen LogP contribution in [0.4, 0.5) is 0 Å². The molecular formula is C12H14ClN3O. The standard InChI is InChI=1S/C12H14ClN3O/c1-16-7-9(6-15-16)8-17-12-10(5-14)3-2-4-11(12)13/h2-4,6-7H,5,8,14H2,1H3. The smallest absolute Gasteiger partial charge is 0.142 e. The van der Waals surface area contributed by atoms with Crippen LogP contribution in [0.2, 0.25) is 5.02 Å². The Bertz CT molecular complexity index is 510. The Kier molecular flexibility index (Phi) is 3.66. The van der Waals surface area contributed by atoms with Gasteiger partial charge in [-0.2, -0.15) is 5.10 Å². The fraction of sp³-hybridized carbons (Fsp3) is 0.250. The molecule has 0 amide bonds. The SMILES string of the molecule is Cn1cc(COc2c(Cl)cccc2CN)cn1. The fourth-order valence-corrected chi connectivity index (χ4v) is 1.83. The maximum atomic E-state index is 6.08. The van der Waals surface area contributed by atoms with Crippen LogP contribution in [0, 0.1) is 0 Å². The minimum Gasteiger partial charge on any atom is -0.487 e. The summed E-state index contributed by atoms with van der Waals surface area (Å²) in [5.74, 6) is 0.653. The molecule has 0 aliphatic carbocycles. The van der Waals surface area contributed by atoms with Gasteiger partial charge in [0, 0.05) is 30.9 Å². The highest BCUT2D eigenvalue weighted by Crippen LogP contribution is 2.29. The van der Waals surface area contributed by atoms with Gasteiger partial charge in [0.1, 0.15) is 12.4 Å². The summed E-state index contributed by atoms with van der Waals surface area (Å²) in [6, 6.07) is 5.56. The van der Waals surface area contributed by atoms with Gasteiger partial charge >= 0.3 is 0 Å². The van der Waals surface area contributed by atoms with Crippen LogP contribution in [-0.4, -0.2) is 9.78 Å². The van der Waals surface area contributed by atoms with E-state index in [9.17, 15) is 0 Å². The van der Waals surface area contributed by atoms with E-state index in [-0.39, 0.29) is 0 Å². The number of aryl methyl sites for hydroxylation is 1. The predicted molar refractivity (Wildman–Crippen MR) is 66.9 cm³/mol. The molecule has 2 aromatic rings. The zero-order chi connectivity index (χ0) is 12.3. The summed E-state index contributed by atoms with van der Waals surface area (Å²) < 4.78 is 7.42. The Morgan fingerprint density at radius 2 is 2.29 bits per heavy atom. The molecule has 90 valence electrons. The Morgan fingerprint density at radius 3 is 2.94 bits per heavy atom.